The van der Waals surface area contributed by atoms with Crippen molar-refractivity contribution in [2.24, 2.45) is 0 Å². The first-order valence-electron chi connectivity index (χ1n) is 8.94. The van der Waals surface area contributed by atoms with Gasteiger partial charge in [-0.05, 0) is 54.1 Å². The smallest absolute Gasteiger partial charge is 0.252 e. The van der Waals surface area contributed by atoms with Gasteiger partial charge in [0.2, 0.25) is 5.89 Å². The number of carbonyl (C=O) groups is 1. The second kappa shape index (κ2) is 8.29. The van der Waals surface area contributed by atoms with Crippen LogP contribution in [0.4, 0.5) is 4.39 Å². The summed E-state index contributed by atoms with van der Waals surface area (Å²) in [7, 11) is 0. The average molecular weight is 407 g/mol. The molecule has 0 aliphatic carbocycles. The van der Waals surface area contributed by atoms with Crippen LogP contribution in [0, 0.1) is 5.82 Å². The van der Waals surface area contributed by atoms with Gasteiger partial charge in [0.25, 0.3) is 5.91 Å². The molecular weight excluding hydrogens is 391 g/mol. The molecule has 3 aromatic carbocycles. The Labute approximate surface area is 172 Å². The summed E-state index contributed by atoms with van der Waals surface area (Å²) in [5, 5.41) is 3.54. The highest BCUT2D eigenvalue weighted by Crippen LogP contribution is 2.28. The van der Waals surface area contributed by atoms with Crippen LogP contribution in [-0.2, 0) is 6.54 Å². The lowest BCUT2D eigenvalue weighted by Crippen LogP contribution is -2.23. The van der Waals surface area contributed by atoms with Crippen molar-refractivity contribution in [2.45, 2.75) is 6.54 Å². The monoisotopic (exact) mass is 406 g/mol. The Bertz CT molecular complexity index is 1140. The zero-order chi connectivity index (χ0) is 20.2. The average Bonchev–Trinajstić information content (AvgIpc) is 3.24. The zero-order valence-corrected chi connectivity index (χ0v) is 16.0. The molecule has 6 heteroatoms. The van der Waals surface area contributed by atoms with E-state index in [1.54, 1.807) is 48.7 Å². The van der Waals surface area contributed by atoms with E-state index in [4.69, 9.17) is 16.0 Å². The Morgan fingerprint density at radius 1 is 1.00 bits per heavy atom. The number of nitrogens with one attached hydrogen (secondary N) is 1. The van der Waals surface area contributed by atoms with E-state index in [1.807, 2.05) is 18.2 Å². The Morgan fingerprint density at radius 3 is 2.48 bits per heavy atom. The molecule has 0 unspecified atom stereocenters. The summed E-state index contributed by atoms with van der Waals surface area (Å²) >= 11 is 5.89. The topological polar surface area (TPSA) is 55.1 Å². The number of aromatic nitrogens is 1. The van der Waals surface area contributed by atoms with Gasteiger partial charge >= 0.3 is 0 Å². The van der Waals surface area contributed by atoms with Gasteiger partial charge in [0.15, 0.2) is 5.76 Å². The molecule has 4 rings (SSSR count). The molecule has 0 aliphatic rings. The van der Waals surface area contributed by atoms with E-state index in [2.05, 4.69) is 10.3 Å². The van der Waals surface area contributed by atoms with Crippen LogP contribution >= 0.6 is 11.6 Å². The van der Waals surface area contributed by atoms with Gasteiger partial charge < -0.3 is 9.73 Å². The largest absolute Gasteiger partial charge is 0.436 e. The first kappa shape index (κ1) is 18.9. The predicted octanol–water partition coefficient (Wildman–Crippen LogP) is 5.73. The van der Waals surface area contributed by atoms with E-state index in [0.717, 1.165) is 5.56 Å². The summed E-state index contributed by atoms with van der Waals surface area (Å²) in [6.07, 6.45) is 1.56. The van der Waals surface area contributed by atoms with Crippen molar-refractivity contribution < 1.29 is 13.6 Å². The molecule has 0 aliphatic heterocycles. The molecule has 29 heavy (non-hydrogen) atoms. The Morgan fingerprint density at radius 2 is 1.72 bits per heavy atom. The van der Waals surface area contributed by atoms with E-state index in [0.29, 0.717) is 39.9 Å². The Hall–Kier alpha value is -3.44. The molecule has 144 valence electrons. The predicted molar refractivity (Wildman–Crippen MR) is 110 cm³/mol. The van der Waals surface area contributed by atoms with Gasteiger partial charge in [-0.15, -0.1) is 0 Å². The minimum absolute atomic E-state index is 0.239. The van der Waals surface area contributed by atoms with E-state index >= 15 is 0 Å². The molecule has 0 atom stereocenters. The number of amides is 1. The molecule has 1 heterocycles. The molecule has 1 N–H and O–H groups in total. The minimum atomic E-state index is -0.323. The third-order valence-corrected chi connectivity index (χ3v) is 4.65. The van der Waals surface area contributed by atoms with Crippen molar-refractivity contribution in [1.82, 2.24) is 10.3 Å². The second-order valence-electron chi connectivity index (χ2n) is 6.39. The maximum atomic E-state index is 13.1. The normalized spacial score (nSPS) is 10.7. The minimum Gasteiger partial charge on any atom is -0.436 e. The van der Waals surface area contributed by atoms with Gasteiger partial charge in [-0.1, -0.05) is 35.9 Å². The first-order chi connectivity index (χ1) is 14.1. The molecule has 0 spiro atoms. The van der Waals surface area contributed by atoms with Gasteiger partial charge in [-0.25, -0.2) is 9.37 Å². The lowest BCUT2D eigenvalue weighted by molar-refractivity contribution is 0.0951. The number of benzene rings is 3. The zero-order valence-electron chi connectivity index (χ0n) is 15.2. The van der Waals surface area contributed by atoms with Crippen LogP contribution in [0.15, 0.2) is 83.4 Å². The molecule has 4 aromatic rings. The molecule has 4 nitrogen and oxygen atoms in total. The number of nitrogens with zero attached hydrogens (tertiary/aromatic N) is 1. The van der Waals surface area contributed by atoms with E-state index in [1.165, 1.54) is 12.1 Å². The highest BCUT2D eigenvalue weighted by Gasteiger charge is 2.17. The van der Waals surface area contributed by atoms with Crippen molar-refractivity contribution in [3.05, 3.63) is 101 Å². The number of oxazole rings is 1. The van der Waals surface area contributed by atoms with Crippen molar-refractivity contribution in [2.75, 3.05) is 0 Å². The van der Waals surface area contributed by atoms with E-state index < -0.39 is 0 Å². The molecule has 0 bridgehead atoms. The van der Waals surface area contributed by atoms with Gasteiger partial charge in [-0.2, -0.15) is 0 Å². The molecule has 0 fully saturated rings. The van der Waals surface area contributed by atoms with Gasteiger partial charge in [0.05, 0.1) is 11.8 Å². The summed E-state index contributed by atoms with van der Waals surface area (Å²) in [5.41, 5.74) is 2.67. The van der Waals surface area contributed by atoms with Gasteiger partial charge in [0, 0.05) is 22.7 Å². The number of hydrogen-bond donors (Lipinski definition) is 1. The fourth-order valence-electron chi connectivity index (χ4n) is 2.89. The number of rotatable bonds is 5. The third-order valence-electron chi connectivity index (χ3n) is 4.40. The fraction of sp³-hybridized carbons (Fsp3) is 0.0435. The van der Waals surface area contributed by atoms with Crippen molar-refractivity contribution >= 4 is 17.5 Å². The van der Waals surface area contributed by atoms with Gasteiger partial charge in [-0.3, -0.25) is 4.79 Å². The summed E-state index contributed by atoms with van der Waals surface area (Å²) in [4.78, 5) is 17.0. The van der Waals surface area contributed by atoms with Crippen LogP contribution < -0.4 is 5.32 Å². The summed E-state index contributed by atoms with van der Waals surface area (Å²) < 4.78 is 19.0. The first-order valence-corrected chi connectivity index (χ1v) is 9.32. The van der Waals surface area contributed by atoms with E-state index in [-0.39, 0.29) is 11.7 Å². The Kier molecular flexibility index (Phi) is 5.40. The lowest BCUT2D eigenvalue weighted by atomic mass is 10.1. The second-order valence-corrected chi connectivity index (χ2v) is 6.83. The molecule has 1 aromatic heterocycles. The standard InChI is InChI=1S/C23H16ClFN2O2/c24-17-9-5-15(6-10-17)13-26-22(28)19-3-1-2-4-20(19)23-27-14-21(29-23)16-7-11-18(25)12-8-16/h1-12,14H,13H2,(H,26,28). The van der Waals surface area contributed by atoms with Crippen molar-refractivity contribution in [3.8, 4) is 22.8 Å². The van der Waals surface area contributed by atoms with Crippen LogP contribution in [0.5, 0.6) is 0 Å². The van der Waals surface area contributed by atoms with Crippen molar-refractivity contribution in [3.63, 3.8) is 0 Å². The lowest BCUT2D eigenvalue weighted by Gasteiger charge is -2.08. The molecule has 0 saturated heterocycles. The maximum Gasteiger partial charge on any atom is 0.252 e. The number of carbonyl (C=O) groups excluding carboxylic acids is 1. The van der Waals surface area contributed by atoms with Crippen LogP contribution in [0.3, 0.4) is 0 Å². The van der Waals surface area contributed by atoms with Crippen LogP contribution in [0.25, 0.3) is 22.8 Å². The Balaban J connectivity index is 1.56. The van der Waals surface area contributed by atoms with E-state index in [9.17, 15) is 9.18 Å². The third kappa shape index (κ3) is 4.36. The molecular formula is C23H16ClFN2O2. The number of hydrogen-bond acceptors (Lipinski definition) is 3. The quantitative estimate of drug-likeness (QED) is 0.460. The molecule has 0 radical (unpaired) electrons. The number of halogens is 2. The summed E-state index contributed by atoms with van der Waals surface area (Å²) in [5.74, 6) is 0.256. The fourth-order valence-corrected chi connectivity index (χ4v) is 3.02. The van der Waals surface area contributed by atoms with Crippen LogP contribution in [0.1, 0.15) is 15.9 Å². The van der Waals surface area contributed by atoms with Crippen LogP contribution in [-0.4, -0.2) is 10.9 Å². The van der Waals surface area contributed by atoms with Crippen LogP contribution in [0.2, 0.25) is 5.02 Å². The SMILES string of the molecule is O=C(NCc1ccc(Cl)cc1)c1ccccc1-c1ncc(-c2ccc(F)cc2)o1. The highest BCUT2D eigenvalue weighted by molar-refractivity contribution is 6.30. The summed E-state index contributed by atoms with van der Waals surface area (Å²) in [6.45, 7) is 0.372. The summed E-state index contributed by atoms with van der Waals surface area (Å²) in [6, 6.07) is 20.3. The molecule has 1 amide bonds. The highest BCUT2D eigenvalue weighted by atomic mass is 35.5. The molecule has 0 saturated carbocycles. The van der Waals surface area contributed by atoms with Crippen molar-refractivity contribution in [1.29, 1.82) is 0 Å². The maximum absolute atomic E-state index is 13.1. The van der Waals surface area contributed by atoms with Gasteiger partial charge in [0.1, 0.15) is 5.82 Å².